The Morgan fingerprint density at radius 2 is 1.94 bits per heavy atom. The Balaban J connectivity index is 2.03. The van der Waals surface area contributed by atoms with Crippen LogP contribution in [0.1, 0.15) is 53.4 Å². The molecule has 0 amide bonds. The summed E-state index contributed by atoms with van der Waals surface area (Å²) in [4.78, 5) is 2.67. The summed E-state index contributed by atoms with van der Waals surface area (Å²) in [5.74, 6) is 0.978. The molecule has 0 aromatic heterocycles. The van der Waals surface area contributed by atoms with E-state index in [2.05, 4.69) is 45.0 Å². The zero-order valence-electron chi connectivity index (χ0n) is 12.3. The largest absolute Gasteiger partial charge is 0.312 e. The van der Waals surface area contributed by atoms with E-state index in [0.717, 1.165) is 24.5 Å². The first-order valence-corrected chi connectivity index (χ1v) is 7.42. The van der Waals surface area contributed by atoms with E-state index in [1.54, 1.807) is 0 Å². The van der Waals surface area contributed by atoms with Crippen molar-refractivity contribution in [3.05, 3.63) is 0 Å². The molecule has 2 nitrogen and oxygen atoms in total. The third-order valence-corrected chi connectivity index (χ3v) is 5.20. The van der Waals surface area contributed by atoms with Gasteiger partial charge in [-0.2, -0.15) is 0 Å². The van der Waals surface area contributed by atoms with Crippen molar-refractivity contribution >= 4 is 0 Å². The van der Waals surface area contributed by atoms with E-state index in [4.69, 9.17) is 0 Å². The van der Waals surface area contributed by atoms with Gasteiger partial charge in [0.1, 0.15) is 0 Å². The number of nitrogens with one attached hydrogen (secondary N) is 1. The Bertz CT molecular complexity index is 258. The molecule has 2 saturated carbocycles. The fourth-order valence-corrected chi connectivity index (χ4v) is 3.65. The van der Waals surface area contributed by atoms with Crippen molar-refractivity contribution < 1.29 is 0 Å². The van der Waals surface area contributed by atoms with Gasteiger partial charge in [0.15, 0.2) is 0 Å². The van der Waals surface area contributed by atoms with Crippen molar-refractivity contribution in [2.75, 3.05) is 13.6 Å². The average molecular weight is 238 g/mol. The van der Waals surface area contributed by atoms with E-state index >= 15 is 0 Å². The molecule has 0 spiro atoms. The molecule has 0 aliphatic heterocycles. The van der Waals surface area contributed by atoms with Crippen LogP contribution in [0.3, 0.4) is 0 Å². The topological polar surface area (TPSA) is 15.3 Å². The second-order valence-electron chi connectivity index (χ2n) is 6.87. The van der Waals surface area contributed by atoms with E-state index < -0.39 is 0 Å². The highest BCUT2D eigenvalue weighted by molar-refractivity contribution is 5.02. The number of nitrogens with zero attached hydrogens (tertiary/aromatic N) is 1. The molecule has 0 bridgehead atoms. The summed E-state index contributed by atoms with van der Waals surface area (Å²) in [7, 11) is 2.35. The van der Waals surface area contributed by atoms with E-state index in [1.165, 1.54) is 25.7 Å². The maximum atomic E-state index is 3.74. The van der Waals surface area contributed by atoms with Gasteiger partial charge in [-0.3, -0.25) is 4.90 Å². The first-order valence-electron chi connectivity index (χ1n) is 7.42. The lowest BCUT2D eigenvalue weighted by molar-refractivity contribution is 0.125. The van der Waals surface area contributed by atoms with E-state index in [-0.39, 0.29) is 0 Å². The van der Waals surface area contributed by atoms with Crippen LogP contribution in [0.4, 0.5) is 0 Å². The summed E-state index contributed by atoms with van der Waals surface area (Å²) < 4.78 is 0. The van der Waals surface area contributed by atoms with Gasteiger partial charge in [0.2, 0.25) is 0 Å². The van der Waals surface area contributed by atoms with Gasteiger partial charge in [-0.05, 0) is 57.5 Å². The molecule has 0 aromatic rings. The summed E-state index contributed by atoms with van der Waals surface area (Å²) in [6, 6.07) is 2.18. The van der Waals surface area contributed by atoms with Gasteiger partial charge in [0.05, 0.1) is 0 Å². The first kappa shape index (κ1) is 13.4. The van der Waals surface area contributed by atoms with Crippen LogP contribution in [-0.2, 0) is 0 Å². The molecule has 3 atom stereocenters. The second kappa shape index (κ2) is 4.89. The summed E-state index contributed by atoms with van der Waals surface area (Å²) in [6.45, 7) is 10.6. The molecule has 100 valence electrons. The molecule has 0 heterocycles. The standard InChI is InChI=1S/C15H30N2/c1-6-16-14-13(9-10-15(14,3)4)17(5)11(2)12-7-8-12/h11-14,16H,6-10H2,1-5H3. The zero-order chi connectivity index (χ0) is 12.6. The average Bonchev–Trinajstić information content (AvgIpc) is 3.06. The normalized spacial score (nSPS) is 34.2. The quantitative estimate of drug-likeness (QED) is 0.792. The van der Waals surface area contributed by atoms with Gasteiger partial charge in [-0.25, -0.2) is 0 Å². The van der Waals surface area contributed by atoms with E-state index in [0.29, 0.717) is 11.5 Å². The van der Waals surface area contributed by atoms with Gasteiger partial charge in [-0.15, -0.1) is 0 Å². The van der Waals surface area contributed by atoms with Crippen molar-refractivity contribution in [1.29, 1.82) is 0 Å². The maximum absolute atomic E-state index is 3.74. The van der Waals surface area contributed by atoms with Crippen LogP contribution in [-0.4, -0.2) is 36.6 Å². The lowest BCUT2D eigenvalue weighted by Crippen LogP contribution is -2.53. The molecule has 2 rings (SSSR count). The number of hydrogen-bond acceptors (Lipinski definition) is 2. The summed E-state index contributed by atoms with van der Waals surface area (Å²) in [5.41, 5.74) is 0.457. The minimum absolute atomic E-state index is 0.457. The van der Waals surface area contributed by atoms with Gasteiger partial charge in [0, 0.05) is 18.1 Å². The highest BCUT2D eigenvalue weighted by atomic mass is 15.2. The fourth-order valence-electron chi connectivity index (χ4n) is 3.65. The van der Waals surface area contributed by atoms with E-state index in [1.807, 2.05) is 0 Å². The number of rotatable bonds is 5. The van der Waals surface area contributed by atoms with Crippen LogP contribution in [0.15, 0.2) is 0 Å². The fraction of sp³-hybridized carbons (Fsp3) is 1.00. The molecule has 17 heavy (non-hydrogen) atoms. The van der Waals surface area contributed by atoms with Crippen LogP contribution in [0, 0.1) is 11.3 Å². The Morgan fingerprint density at radius 3 is 2.47 bits per heavy atom. The highest BCUT2D eigenvalue weighted by Gasteiger charge is 2.45. The molecule has 2 aliphatic rings. The van der Waals surface area contributed by atoms with Crippen molar-refractivity contribution in [1.82, 2.24) is 10.2 Å². The molecule has 0 aromatic carbocycles. The Labute approximate surface area is 107 Å². The van der Waals surface area contributed by atoms with Crippen LogP contribution >= 0.6 is 0 Å². The highest BCUT2D eigenvalue weighted by Crippen LogP contribution is 2.42. The zero-order valence-corrected chi connectivity index (χ0v) is 12.3. The molecule has 3 unspecified atom stereocenters. The van der Waals surface area contributed by atoms with Gasteiger partial charge < -0.3 is 5.32 Å². The van der Waals surface area contributed by atoms with Crippen LogP contribution < -0.4 is 5.32 Å². The molecular weight excluding hydrogens is 208 g/mol. The minimum Gasteiger partial charge on any atom is -0.312 e. The predicted octanol–water partition coefficient (Wildman–Crippen LogP) is 2.88. The lowest BCUT2D eigenvalue weighted by Gasteiger charge is -2.38. The Kier molecular flexibility index (Phi) is 3.84. The Hall–Kier alpha value is -0.0800. The van der Waals surface area contributed by atoms with Crippen molar-refractivity contribution in [2.45, 2.75) is 71.5 Å². The van der Waals surface area contributed by atoms with Crippen LogP contribution in [0.25, 0.3) is 0 Å². The maximum Gasteiger partial charge on any atom is 0.0274 e. The van der Waals surface area contributed by atoms with Gasteiger partial charge >= 0.3 is 0 Å². The number of likely N-dealkylation sites (N-methyl/N-ethyl adjacent to an activating group) is 2. The lowest BCUT2D eigenvalue weighted by atomic mass is 9.86. The van der Waals surface area contributed by atoms with Gasteiger partial charge in [-0.1, -0.05) is 20.8 Å². The molecule has 2 aliphatic carbocycles. The first-order chi connectivity index (χ1) is 7.97. The molecule has 1 N–H and O–H groups in total. The third kappa shape index (κ3) is 2.68. The van der Waals surface area contributed by atoms with Crippen LogP contribution in [0.2, 0.25) is 0 Å². The summed E-state index contributed by atoms with van der Waals surface area (Å²) in [6.07, 6.45) is 5.62. The van der Waals surface area contributed by atoms with Crippen LogP contribution in [0.5, 0.6) is 0 Å². The third-order valence-electron chi connectivity index (χ3n) is 5.20. The van der Waals surface area contributed by atoms with Gasteiger partial charge in [0.25, 0.3) is 0 Å². The van der Waals surface area contributed by atoms with Crippen molar-refractivity contribution in [2.24, 2.45) is 11.3 Å². The Morgan fingerprint density at radius 1 is 1.29 bits per heavy atom. The van der Waals surface area contributed by atoms with Crippen molar-refractivity contribution in [3.8, 4) is 0 Å². The van der Waals surface area contributed by atoms with E-state index in [9.17, 15) is 0 Å². The second-order valence-corrected chi connectivity index (χ2v) is 6.87. The predicted molar refractivity (Wildman–Crippen MR) is 74.2 cm³/mol. The molecule has 2 heteroatoms. The minimum atomic E-state index is 0.457. The van der Waals surface area contributed by atoms with Crippen molar-refractivity contribution in [3.63, 3.8) is 0 Å². The molecular formula is C15H30N2. The molecule has 0 radical (unpaired) electrons. The smallest absolute Gasteiger partial charge is 0.0274 e. The summed E-state index contributed by atoms with van der Waals surface area (Å²) in [5, 5.41) is 3.74. The SMILES string of the molecule is CCNC1C(N(C)C(C)C2CC2)CCC1(C)C. The molecule has 0 saturated heterocycles. The number of hydrogen-bond donors (Lipinski definition) is 1. The summed E-state index contributed by atoms with van der Waals surface area (Å²) >= 11 is 0. The monoisotopic (exact) mass is 238 g/mol. The molecule has 2 fully saturated rings.